The lowest BCUT2D eigenvalue weighted by Gasteiger charge is -2.56. The van der Waals surface area contributed by atoms with E-state index in [1.54, 1.807) is 4.90 Å². The van der Waals surface area contributed by atoms with E-state index in [4.69, 9.17) is 0 Å². The number of nitrogens with zero attached hydrogens (tertiary/aromatic N) is 1. The van der Waals surface area contributed by atoms with E-state index in [-0.39, 0.29) is 17.4 Å². The second-order valence-corrected chi connectivity index (χ2v) is 11.7. The lowest BCUT2D eigenvalue weighted by atomic mass is 9.53. The van der Waals surface area contributed by atoms with Crippen molar-refractivity contribution in [2.75, 3.05) is 17.7 Å². The third-order valence-corrected chi connectivity index (χ3v) is 9.01. The van der Waals surface area contributed by atoms with Crippen molar-refractivity contribution in [2.45, 2.75) is 62.8 Å². The predicted octanol–water partition coefficient (Wildman–Crippen LogP) is 5.76. The van der Waals surface area contributed by atoms with Crippen molar-refractivity contribution < 1.29 is 9.59 Å². The van der Waals surface area contributed by atoms with Crippen LogP contribution in [0.3, 0.4) is 0 Å². The summed E-state index contributed by atoms with van der Waals surface area (Å²) in [6.45, 7) is 4.08. The van der Waals surface area contributed by atoms with Gasteiger partial charge in [0, 0.05) is 23.2 Å². The van der Waals surface area contributed by atoms with Crippen molar-refractivity contribution >= 4 is 29.3 Å². The molecule has 5 heteroatoms. The first-order valence-electron chi connectivity index (χ1n) is 12.2. The van der Waals surface area contributed by atoms with Crippen molar-refractivity contribution in [3.8, 4) is 0 Å². The van der Waals surface area contributed by atoms with E-state index >= 15 is 0 Å². The highest BCUT2D eigenvalue weighted by Gasteiger charge is 2.51. The molecular weight excluding hydrogens is 428 g/mol. The highest BCUT2D eigenvalue weighted by atomic mass is 32.2. The van der Waals surface area contributed by atoms with Gasteiger partial charge < -0.3 is 10.2 Å². The highest BCUT2D eigenvalue weighted by Crippen LogP contribution is 2.55. The van der Waals surface area contributed by atoms with Crippen LogP contribution in [0.25, 0.3) is 0 Å². The molecule has 0 radical (unpaired) electrons. The topological polar surface area (TPSA) is 49.4 Å². The molecule has 0 spiro atoms. The molecule has 4 aliphatic rings. The molecule has 0 unspecified atom stereocenters. The normalized spacial score (nSPS) is 27.4. The largest absolute Gasteiger partial charge is 0.350 e. The Balaban J connectivity index is 1.25. The average Bonchev–Trinajstić information content (AvgIpc) is 2.76. The van der Waals surface area contributed by atoms with Crippen LogP contribution in [0.1, 0.15) is 60.0 Å². The first-order chi connectivity index (χ1) is 15.8. The molecule has 4 bridgehead atoms. The van der Waals surface area contributed by atoms with Gasteiger partial charge in [-0.15, -0.1) is 11.8 Å². The number of thioether (sulfide) groups is 1. The second-order valence-electron chi connectivity index (χ2n) is 10.7. The molecule has 4 saturated carbocycles. The van der Waals surface area contributed by atoms with E-state index in [0.29, 0.717) is 11.3 Å². The maximum atomic E-state index is 13.4. The van der Waals surface area contributed by atoms with E-state index in [0.717, 1.165) is 53.2 Å². The maximum Gasteiger partial charge on any atom is 0.259 e. The quantitative estimate of drug-likeness (QED) is 0.556. The van der Waals surface area contributed by atoms with E-state index in [9.17, 15) is 9.59 Å². The Bertz CT molecular complexity index is 1040. The third-order valence-electron chi connectivity index (χ3n) is 7.94. The summed E-state index contributed by atoms with van der Waals surface area (Å²) in [5.41, 5.74) is 3.84. The molecule has 0 aliphatic heterocycles. The number of benzene rings is 2. The third kappa shape index (κ3) is 4.57. The number of hydrogen-bond donors (Lipinski definition) is 1. The second kappa shape index (κ2) is 8.83. The molecule has 4 aliphatic carbocycles. The minimum Gasteiger partial charge on any atom is -0.350 e. The summed E-state index contributed by atoms with van der Waals surface area (Å²) in [7, 11) is 1.82. The standard InChI is InChI=1S/C28H34N2O2S/c1-18-8-9-24(19(2)10-18)30(3)27(32)23-6-4-5-7-25(23)33-17-26(31)29-28-14-20-11-21(15-28)13-22(12-20)16-28/h4-10,20-22H,11-17H2,1-3H3,(H,29,31). The van der Waals surface area contributed by atoms with Crippen molar-refractivity contribution in [3.63, 3.8) is 0 Å². The van der Waals surface area contributed by atoms with Gasteiger partial charge in [0.2, 0.25) is 5.91 Å². The molecule has 174 valence electrons. The molecule has 0 atom stereocenters. The Labute approximate surface area is 201 Å². The molecular formula is C28H34N2O2S. The van der Waals surface area contributed by atoms with Crippen molar-refractivity contribution in [3.05, 3.63) is 59.2 Å². The summed E-state index contributed by atoms with van der Waals surface area (Å²) >= 11 is 1.47. The number of anilines is 1. The van der Waals surface area contributed by atoms with Crippen LogP contribution in [-0.4, -0.2) is 30.2 Å². The van der Waals surface area contributed by atoms with Crippen LogP contribution in [0.4, 0.5) is 5.69 Å². The summed E-state index contributed by atoms with van der Waals surface area (Å²) in [6, 6.07) is 13.8. The summed E-state index contributed by atoms with van der Waals surface area (Å²) in [5.74, 6) is 2.83. The fraction of sp³-hybridized carbons (Fsp3) is 0.500. The molecule has 33 heavy (non-hydrogen) atoms. The van der Waals surface area contributed by atoms with E-state index < -0.39 is 0 Å². The van der Waals surface area contributed by atoms with Gasteiger partial charge in [-0.3, -0.25) is 9.59 Å². The SMILES string of the molecule is Cc1ccc(N(C)C(=O)c2ccccc2SCC(=O)NC23CC4CC(CC(C4)C2)C3)c(C)c1. The fourth-order valence-electron chi connectivity index (χ4n) is 6.98. The predicted molar refractivity (Wildman–Crippen MR) is 135 cm³/mol. The monoisotopic (exact) mass is 462 g/mol. The van der Waals surface area contributed by atoms with Gasteiger partial charge in [0.25, 0.3) is 5.91 Å². The lowest BCUT2D eigenvalue weighted by molar-refractivity contribution is -0.124. The fourth-order valence-corrected chi connectivity index (χ4v) is 7.82. The van der Waals surface area contributed by atoms with Crippen LogP contribution in [0.5, 0.6) is 0 Å². The summed E-state index contributed by atoms with van der Waals surface area (Å²) in [5, 5.41) is 3.45. The smallest absolute Gasteiger partial charge is 0.259 e. The number of carbonyl (C=O) groups excluding carboxylic acids is 2. The highest BCUT2D eigenvalue weighted by molar-refractivity contribution is 8.00. The molecule has 2 aromatic carbocycles. The van der Waals surface area contributed by atoms with E-state index in [1.807, 2.05) is 50.4 Å². The Morgan fingerprint density at radius 1 is 1.00 bits per heavy atom. The van der Waals surface area contributed by atoms with Crippen LogP contribution in [-0.2, 0) is 4.79 Å². The Hall–Kier alpha value is -2.27. The molecule has 0 aromatic heterocycles. The summed E-state index contributed by atoms with van der Waals surface area (Å²) < 4.78 is 0. The minimum atomic E-state index is -0.0495. The molecule has 0 saturated heterocycles. The zero-order valence-electron chi connectivity index (χ0n) is 19.9. The average molecular weight is 463 g/mol. The molecule has 0 heterocycles. The molecule has 6 rings (SSSR count). The van der Waals surface area contributed by atoms with Crippen LogP contribution in [0.15, 0.2) is 47.4 Å². The van der Waals surface area contributed by atoms with Crippen LogP contribution in [0.2, 0.25) is 0 Å². The van der Waals surface area contributed by atoms with E-state index in [1.165, 1.54) is 36.6 Å². The Kier molecular flexibility index (Phi) is 6.02. The number of nitrogens with one attached hydrogen (secondary N) is 1. The van der Waals surface area contributed by atoms with Gasteiger partial charge in [-0.2, -0.15) is 0 Å². The Morgan fingerprint density at radius 2 is 1.64 bits per heavy atom. The number of aryl methyl sites for hydroxylation is 2. The number of carbonyl (C=O) groups is 2. The number of amides is 2. The van der Waals surface area contributed by atoms with Gasteiger partial charge in [-0.05, 0) is 93.9 Å². The van der Waals surface area contributed by atoms with Crippen molar-refractivity contribution in [2.24, 2.45) is 17.8 Å². The lowest BCUT2D eigenvalue weighted by Crippen LogP contribution is -2.60. The van der Waals surface area contributed by atoms with Crippen LogP contribution in [0, 0.1) is 31.6 Å². The molecule has 2 aromatic rings. The zero-order chi connectivity index (χ0) is 23.2. The molecule has 1 N–H and O–H groups in total. The van der Waals surface area contributed by atoms with Crippen molar-refractivity contribution in [1.82, 2.24) is 5.32 Å². The van der Waals surface area contributed by atoms with Gasteiger partial charge in [0.15, 0.2) is 0 Å². The number of rotatable bonds is 6. The summed E-state index contributed by atoms with van der Waals surface area (Å²) in [6.07, 6.45) is 7.58. The molecule has 4 nitrogen and oxygen atoms in total. The van der Waals surface area contributed by atoms with Gasteiger partial charge in [0.1, 0.15) is 0 Å². The van der Waals surface area contributed by atoms with Gasteiger partial charge in [-0.25, -0.2) is 0 Å². The van der Waals surface area contributed by atoms with Gasteiger partial charge in [-0.1, -0.05) is 29.8 Å². The van der Waals surface area contributed by atoms with Gasteiger partial charge >= 0.3 is 0 Å². The molecule has 2 amide bonds. The first kappa shape index (κ1) is 22.5. The number of hydrogen-bond acceptors (Lipinski definition) is 3. The van der Waals surface area contributed by atoms with E-state index in [2.05, 4.69) is 18.3 Å². The minimum absolute atomic E-state index is 0.0327. The van der Waals surface area contributed by atoms with Gasteiger partial charge in [0.05, 0.1) is 11.3 Å². The first-order valence-corrected chi connectivity index (χ1v) is 13.2. The van der Waals surface area contributed by atoms with Crippen LogP contribution < -0.4 is 10.2 Å². The maximum absolute atomic E-state index is 13.4. The van der Waals surface area contributed by atoms with Crippen LogP contribution >= 0.6 is 11.8 Å². The Morgan fingerprint density at radius 3 is 2.27 bits per heavy atom. The summed E-state index contributed by atoms with van der Waals surface area (Å²) in [4.78, 5) is 28.9. The molecule has 4 fully saturated rings. The van der Waals surface area contributed by atoms with Crippen molar-refractivity contribution in [1.29, 1.82) is 0 Å². The zero-order valence-corrected chi connectivity index (χ0v) is 20.7.